The molecule has 0 aliphatic rings. The van der Waals surface area contributed by atoms with Crippen molar-refractivity contribution in [3.05, 3.63) is 12.2 Å². The van der Waals surface area contributed by atoms with Crippen LogP contribution in [0.2, 0.25) is 0 Å². The number of allylic oxidation sites excluding steroid dienone is 2. The van der Waals surface area contributed by atoms with Gasteiger partial charge < -0.3 is 0 Å². The highest BCUT2D eigenvalue weighted by atomic mass is 14.0. The average Bonchev–Trinajstić information content (AvgIpc) is 1.82. The van der Waals surface area contributed by atoms with Crippen LogP contribution in [0.15, 0.2) is 12.2 Å². The first kappa shape index (κ1) is 9.74. The zero-order valence-corrected chi connectivity index (χ0v) is 7.72. The van der Waals surface area contributed by atoms with E-state index in [1.807, 2.05) is 0 Å². The van der Waals surface area contributed by atoms with E-state index in [2.05, 4.69) is 39.8 Å². The third kappa shape index (κ3) is 5.87. The molecule has 0 radical (unpaired) electrons. The number of hydrogen-bond acceptors (Lipinski definition) is 0. The van der Waals surface area contributed by atoms with E-state index in [0.29, 0.717) is 0 Å². The van der Waals surface area contributed by atoms with Crippen LogP contribution in [-0.4, -0.2) is 0 Å². The molecule has 0 amide bonds. The third-order valence-corrected chi connectivity index (χ3v) is 1.54. The van der Waals surface area contributed by atoms with E-state index in [9.17, 15) is 0 Å². The van der Waals surface area contributed by atoms with Gasteiger partial charge in [-0.3, -0.25) is 0 Å². The summed E-state index contributed by atoms with van der Waals surface area (Å²) in [6.07, 6.45) is 7.06. The van der Waals surface area contributed by atoms with E-state index in [1.54, 1.807) is 0 Å². The molecule has 0 aliphatic carbocycles. The Kier molecular flexibility index (Phi) is 5.38. The summed E-state index contributed by atoms with van der Waals surface area (Å²) >= 11 is 0. The summed E-state index contributed by atoms with van der Waals surface area (Å²) in [4.78, 5) is 0. The Morgan fingerprint density at radius 2 is 1.80 bits per heavy atom. The molecule has 0 fully saturated rings. The van der Waals surface area contributed by atoms with Crippen molar-refractivity contribution in [3.8, 4) is 0 Å². The minimum Gasteiger partial charge on any atom is -0.0885 e. The van der Waals surface area contributed by atoms with Gasteiger partial charge in [-0.2, -0.15) is 0 Å². The van der Waals surface area contributed by atoms with E-state index in [-0.39, 0.29) is 0 Å². The van der Waals surface area contributed by atoms with Crippen molar-refractivity contribution in [2.75, 3.05) is 0 Å². The first-order chi connectivity index (χ1) is 4.66. The van der Waals surface area contributed by atoms with Gasteiger partial charge in [-0.15, -0.1) is 0 Å². The minimum absolute atomic E-state index is 0.764. The molecule has 0 saturated heterocycles. The van der Waals surface area contributed by atoms with Gasteiger partial charge in [-0.1, -0.05) is 39.8 Å². The zero-order chi connectivity index (χ0) is 7.98. The van der Waals surface area contributed by atoms with Crippen LogP contribution in [0.1, 0.15) is 40.5 Å². The van der Waals surface area contributed by atoms with Crippen LogP contribution in [0, 0.1) is 11.8 Å². The molecular weight excluding hydrogens is 120 g/mol. The summed E-state index contributed by atoms with van der Waals surface area (Å²) in [5.41, 5.74) is 0. The topological polar surface area (TPSA) is 0 Å². The molecule has 0 saturated carbocycles. The standard InChI is InChI=1S/C10H20/c1-5-6-7-10(4)8-9(2)3/h6-7,9-10H,5,8H2,1-4H3/b7-6-. The summed E-state index contributed by atoms with van der Waals surface area (Å²) in [6.45, 7) is 9.01. The lowest BCUT2D eigenvalue weighted by atomic mass is 9.98. The summed E-state index contributed by atoms with van der Waals surface area (Å²) in [6, 6.07) is 0. The van der Waals surface area contributed by atoms with Gasteiger partial charge in [0.1, 0.15) is 0 Å². The van der Waals surface area contributed by atoms with Gasteiger partial charge in [0.05, 0.1) is 0 Å². The second kappa shape index (κ2) is 5.52. The third-order valence-electron chi connectivity index (χ3n) is 1.54. The van der Waals surface area contributed by atoms with Crippen LogP contribution in [0.25, 0.3) is 0 Å². The molecule has 10 heavy (non-hydrogen) atoms. The van der Waals surface area contributed by atoms with Gasteiger partial charge >= 0.3 is 0 Å². The van der Waals surface area contributed by atoms with Crippen LogP contribution < -0.4 is 0 Å². The van der Waals surface area contributed by atoms with Gasteiger partial charge in [0, 0.05) is 0 Å². The molecule has 0 N–H and O–H groups in total. The van der Waals surface area contributed by atoms with E-state index in [1.165, 1.54) is 12.8 Å². The molecule has 0 aromatic carbocycles. The number of rotatable bonds is 4. The van der Waals surface area contributed by atoms with Gasteiger partial charge in [-0.05, 0) is 24.7 Å². The highest BCUT2D eigenvalue weighted by molar-refractivity contribution is 4.85. The lowest BCUT2D eigenvalue weighted by molar-refractivity contribution is 0.502. The first-order valence-corrected chi connectivity index (χ1v) is 4.33. The fourth-order valence-corrected chi connectivity index (χ4v) is 1.19. The summed E-state index contributed by atoms with van der Waals surface area (Å²) in [7, 11) is 0. The van der Waals surface area contributed by atoms with E-state index < -0.39 is 0 Å². The molecule has 1 unspecified atom stereocenters. The molecule has 0 heterocycles. The van der Waals surface area contributed by atoms with Crippen molar-refractivity contribution in [2.45, 2.75) is 40.5 Å². The van der Waals surface area contributed by atoms with Crippen molar-refractivity contribution in [1.82, 2.24) is 0 Å². The van der Waals surface area contributed by atoms with Gasteiger partial charge in [0.15, 0.2) is 0 Å². The first-order valence-electron chi connectivity index (χ1n) is 4.33. The van der Waals surface area contributed by atoms with Gasteiger partial charge in [0.2, 0.25) is 0 Å². The number of hydrogen-bond donors (Lipinski definition) is 0. The maximum absolute atomic E-state index is 2.32. The Hall–Kier alpha value is -0.260. The highest BCUT2D eigenvalue weighted by Crippen LogP contribution is 2.11. The van der Waals surface area contributed by atoms with E-state index >= 15 is 0 Å². The summed E-state index contributed by atoms with van der Waals surface area (Å²) < 4.78 is 0. The molecule has 0 aromatic rings. The molecule has 0 spiro atoms. The summed E-state index contributed by atoms with van der Waals surface area (Å²) in [5.74, 6) is 1.59. The lowest BCUT2D eigenvalue weighted by Gasteiger charge is -2.08. The molecule has 0 heteroatoms. The van der Waals surface area contributed by atoms with Crippen molar-refractivity contribution in [1.29, 1.82) is 0 Å². The minimum atomic E-state index is 0.764. The maximum atomic E-state index is 2.32. The quantitative estimate of drug-likeness (QED) is 0.523. The largest absolute Gasteiger partial charge is 0.0885 e. The Morgan fingerprint density at radius 1 is 1.20 bits per heavy atom. The Morgan fingerprint density at radius 3 is 2.20 bits per heavy atom. The second-order valence-electron chi connectivity index (χ2n) is 3.44. The van der Waals surface area contributed by atoms with Crippen LogP contribution in [-0.2, 0) is 0 Å². The molecular formula is C10H20. The van der Waals surface area contributed by atoms with Crippen LogP contribution >= 0.6 is 0 Å². The molecule has 1 atom stereocenters. The Bertz CT molecular complexity index is 90.2. The normalized spacial score (nSPS) is 14.9. The molecule has 0 aromatic heterocycles. The predicted molar refractivity (Wildman–Crippen MR) is 48.1 cm³/mol. The van der Waals surface area contributed by atoms with E-state index in [4.69, 9.17) is 0 Å². The SMILES string of the molecule is CC/C=C\C(C)CC(C)C. The van der Waals surface area contributed by atoms with E-state index in [0.717, 1.165) is 11.8 Å². The van der Waals surface area contributed by atoms with Gasteiger partial charge in [-0.25, -0.2) is 0 Å². The van der Waals surface area contributed by atoms with Crippen LogP contribution in [0.3, 0.4) is 0 Å². The molecule has 0 rings (SSSR count). The smallest absolute Gasteiger partial charge is 0.0260 e. The zero-order valence-electron chi connectivity index (χ0n) is 7.72. The molecule has 0 aliphatic heterocycles. The fraction of sp³-hybridized carbons (Fsp3) is 0.800. The van der Waals surface area contributed by atoms with Crippen molar-refractivity contribution in [2.24, 2.45) is 11.8 Å². The van der Waals surface area contributed by atoms with Crippen LogP contribution in [0.5, 0.6) is 0 Å². The van der Waals surface area contributed by atoms with Crippen LogP contribution in [0.4, 0.5) is 0 Å². The lowest BCUT2D eigenvalue weighted by Crippen LogP contribution is -1.95. The highest BCUT2D eigenvalue weighted by Gasteiger charge is 1.99. The molecule has 60 valence electrons. The monoisotopic (exact) mass is 140 g/mol. The Labute approximate surface area is 65.3 Å². The maximum Gasteiger partial charge on any atom is -0.0260 e. The second-order valence-corrected chi connectivity index (χ2v) is 3.44. The Balaban J connectivity index is 3.42. The summed E-state index contributed by atoms with van der Waals surface area (Å²) in [5, 5.41) is 0. The fourth-order valence-electron chi connectivity index (χ4n) is 1.19. The van der Waals surface area contributed by atoms with Crippen molar-refractivity contribution < 1.29 is 0 Å². The average molecular weight is 140 g/mol. The predicted octanol–water partition coefficient (Wildman–Crippen LogP) is 3.63. The molecule has 0 nitrogen and oxygen atoms in total. The van der Waals surface area contributed by atoms with Crippen molar-refractivity contribution in [3.63, 3.8) is 0 Å². The van der Waals surface area contributed by atoms with Gasteiger partial charge in [0.25, 0.3) is 0 Å². The molecule has 0 bridgehead atoms. The van der Waals surface area contributed by atoms with Crippen molar-refractivity contribution >= 4 is 0 Å².